The van der Waals surface area contributed by atoms with E-state index in [-0.39, 0.29) is 58.3 Å². The van der Waals surface area contributed by atoms with Gasteiger partial charge in [-0.1, -0.05) is 86.7 Å². The Labute approximate surface area is 272 Å². The van der Waals surface area contributed by atoms with Gasteiger partial charge in [0.25, 0.3) is 0 Å². The molecule has 0 unspecified atom stereocenters. The SMILES string of the molecule is C.C.CCC(CC)C(=O)C=C(O)C(CC)CC.Cc1[c-]c(-c2nccc3c(C)c(-c4ccccc4)sc23)cc(C)c1.[Ir]. The summed E-state index contributed by atoms with van der Waals surface area (Å²) in [7, 11) is 0. The van der Waals surface area contributed by atoms with Crippen LogP contribution in [0.25, 0.3) is 31.8 Å². The summed E-state index contributed by atoms with van der Waals surface area (Å²) in [6, 6.07) is 20.5. The standard InChI is InChI=1S/C22H18NS.C13H24O2.2CH4.Ir/c1-14-11-15(2)13-18(12-14)20-22-19(9-10-23-20)16(3)21(24-22)17-7-5-4-6-8-17;1-5-10(6-2)12(14)9-13(15)11(7-3)8-4;;;/h4-12H,1-3H3;9-11,14H,5-8H2,1-4H3;2*1H4;/q-1;;;;. The minimum atomic E-state index is 0. The van der Waals surface area contributed by atoms with Gasteiger partial charge in [0, 0.05) is 59.5 Å². The molecule has 0 amide bonds. The van der Waals surface area contributed by atoms with Crippen molar-refractivity contribution >= 4 is 27.2 Å². The van der Waals surface area contributed by atoms with E-state index in [0.717, 1.165) is 42.5 Å². The van der Waals surface area contributed by atoms with Gasteiger partial charge in [-0.2, -0.15) is 0 Å². The molecule has 2 aromatic carbocycles. The second kappa shape index (κ2) is 18.8. The number of aliphatic hydroxyl groups excluding tert-OH is 1. The first-order valence-corrected chi connectivity index (χ1v) is 14.9. The van der Waals surface area contributed by atoms with Crippen molar-refractivity contribution in [1.29, 1.82) is 0 Å². The van der Waals surface area contributed by atoms with Gasteiger partial charge in [0.1, 0.15) is 0 Å². The van der Waals surface area contributed by atoms with Crippen molar-refractivity contribution in [2.75, 3.05) is 0 Å². The molecule has 0 bridgehead atoms. The van der Waals surface area contributed by atoms with E-state index in [1.165, 1.54) is 37.7 Å². The predicted molar refractivity (Wildman–Crippen MR) is 181 cm³/mol. The van der Waals surface area contributed by atoms with E-state index >= 15 is 0 Å². The molecule has 1 radical (unpaired) electrons. The van der Waals surface area contributed by atoms with Crippen molar-refractivity contribution in [1.82, 2.24) is 4.98 Å². The molecular weight excluding hydrogens is 715 g/mol. The molecule has 3 nitrogen and oxygen atoms in total. The summed E-state index contributed by atoms with van der Waals surface area (Å²) < 4.78 is 1.25. The second-order valence-electron chi connectivity index (χ2n) is 10.2. The molecule has 0 atom stereocenters. The molecule has 2 aromatic heterocycles. The average molecular weight is 765 g/mol. The largest absolute Gasteiger partial charge is 0.512 e. The van der Waals surface area contributed by atoms with Crippen molar-refractivity contribution in [2.24, 2.45) is 11.8 Å². The maximum atomic E-state index is 11.7. The number of carbonyl (C=O) groups excluding carboxylic acids is 1. The molecule has 0 aliphatic rings. The van der Waals surface area contributed by atoms with E-state index in [1.54, 1.807) is 0 Å². The number of aryl methyl sites for hydroxylation is 3. The third kappa shape index (κ3) is 9.73. The number of aliphatic hydroxyl groups is 1. The Balaban J connectivity index is 0.000000828. The molecule has 231 valence electrons. The molecule has 0 aliphatic carbocycles. The molecule has 4 aromatic rings. The van der Waals surface area contributed by atoms with Crippen molar-refractivity contribution in [3.05, 3.63) is 89.3 Å². The summed E-state index contributed by atoms with van der Waals surface area (Å²) in [6.07, 6.45) is 6.82. The quantitative estimate of drug-likeness (QED) is 0.105. The number of aromatic nitrogens is 1. The van der Waals surface area contributed by atoms with E-state index < -0.39 is 0 Å². The summed E-state index contributed by atoms with van der Waals surface area (Å²) in [4.78, 5) is 17.7. The number of benzene rings is 2. The van der Waals surface area contributed by atoms with E-state index in [0.29, 0.717) is 0 Å². The zero-order chi connectivity index (χ0) is 28.5. The number of carbonyl (C=O) groups is 1. The van der Waals surface area contributed by atoms with Crippen molar-refractivity contribution in [2.45, 2.75) is 89.0 Å². The number of pyridine rings is 1. The molecule has 42 heavy (non-hydrogen) atoms. The molecule has 0 spiro atoms. The average Bonchev–Trinajstić information content (AvgIpc) is 3.27. The minimum Gasteiger partial charge on any atom is -0.512 e. The fourth-order valence-electron chi connectivity index (χ4n) is 5.01. The number of hydrogen-bond acceptors (Lipinski definition) is 4. The van der Waals surface area contributed by atoms with Gasteiger partial charge in [-0.15, -0.1) is 46.2 Å². The van der Waals surface area contributed by atoms with Crippen LogP contribution in [0.15, 0.2) is 66.6 Å². The van der Waals surface area contributed by atoms with Crippen LogP contribution >= 0.6 is 11.3 Å². The summed E-state index contributed by atoms with van der Waals surface area (Å²) in [6.45, 7) is 14.5. The minimum absolute atomic E-state index is 0. The number of hydrogen-bond donors (Lipinski definition) is 1. The van der Waals surface area contributed by atoms with Crippen LogP contribution in [0.2, 0.25) is 0 Å². The molecule has 0 aliphatic heterocycles. The summed E-state index contributed by atoms with van der Waals surface area (Å²) >= 11 is 1.83. The smallest absolute Gasteiger partial charge is 0.162 e. The van der Waals surface area contributed by atoms with E-state index in [1.807, 2.05) is 45.2 Å². The Morgan fingerprint density at radius 3 is 2.07 bits per heavy atom. The normalized spacial score (nSPS) is 10.8. The number of fused-ring (bicyclic) bond motifs is 1. The van der Waals surface area contributed by atoms with Crippen molar-refractivity contribution in [3.63, 3.8) is 0 Å². The van der Waals surface area contributed by atoms with Crippen LogP contribution in [-0.4, -0.2) is 15.9 Å². The molecule has 5 heteroatoms. The third-order valence-electron chi connectivity index (χ3n) is 7.37. The van der Waals surface area contributed by atoms with Crippen LogP contribution in [0, 0.1) is 38.7 Å². The van der Waals surface area contributed by atoms with Crippen LogP contribution in [0.4, 0.5) is 0 Å². The molecule has 1 N–H and O–H groups in total. The number of ketones is 1. The summed E-state index contributed by atoms with van der Waals surface area (Å²) in [5, 5.41) is 11.0. The van der Waals surface area contributed by atoms with E-state index in [4.69, 9.17) is 0 Å². The van der Waals surface area contributed by atoms with E-state index in [2.05, 4.69) is 80.4 Å². The first-order chi connectivity index (χ1) is 18.7. The Morgan fingerprint density at radius 2 is 1.52 bits per heavy atom. The summed E-state index contributed by atoms with van der Waals surface area (Å²) in [5.41, 5.74) is 7.12. The van der Waals surface area contributed by atoms with Gasteiger partial charge >= 0.3 is 0 Å². The molecular formula is C37H50IrNO2S-. The van der Waals surface area contributed by atoms with Gasteiger partial charge in [0.15, 0.2) is 5.78 Å². The number of rotatable bonds is 9. The molecule has 0 fully saturated rings. The fourth-order valence-corrected chi connectivity index (χ4v) is 6.32. The zero-order valence-electron chi connectivity index (χ0n) is 24.8. The van der Waals surface area contributed by atoms with Gasteiger partial charge < -0.3 is 10.1 Å². The van der Waals surface area contributed by atoms with Gasteiger partial charge in [-0.25, -0.2) is 0 Å². The maximum absolute atomic E-state index is 11.7. The van der Waals surface area contributed by atoms with Gasteiger partial charge in [0.05, 0.1) is 5.76 Å². The second-order valence-corrected chi connectivity index (χ2v) is 11.2. The van der Waals surface area contributed by atoms with Gasteiger partial charge in [-0.3, -0.25) is 4.79 Å². The third-order valence-corrected chi connectivity index (χ3v) is 8.74. The van der Waals surface area contributed by atoms with Crippen LogP contribution in [0.3, 0.4) is 0 Å². The van der Waals surface area contributed by atoms with Crippen LogP contribution in [0.1, 0.15) is 84.9 Å². The van der Waals surface area contributed by atoms with Crippen molar-refractivity contribution in [3.8, 4) is 21.7 Å². The Morgan fingerprint density at radius 1 is 0.929 bits per heavy atom. The van der Waals surface area contributed by atoms with Gasteiger partial charge in [0.2, 0.25) is 0 Å². The number of allylic oxidation sites excluding steroid dienone is 2. The molecule has 2 heterocycles. The maximum Gasteiger partial charge on any atom is 0.162 e. The number of thiophene rings is 1. The topological polar surface area (TPSA) is 50.2 Å². The first kappa shape index (κ1) is 39.4. The Bertz CT molecular complexity index is 1400. The first-order valence-electron chi connectivity index (χ1n) is 14.1. The Kier molecular flexibility index (Phi) is 17.7. The number of nitrogens with zero attached hydrogens (tertiary/aromatic N) is 1. The van der Waals surface area contributed by atoms with Crippen LogP contribution in [0.5, 0.6) is 0 Å². The van der Waals surface area contributed by atoms with Crippen LogP contribution in [-0.2, 0) is 24.9 Å². The molecule has 0 saturated carbocycles. The molecule has 4 rings (SSSR count). The monoisotopic (exact) mass is 765 g/mol. The summed E-state index contributed by atoms with van der Waals surface area (Å²) in [5.74, 6) is 0.547. The Hall–Kier alpha value is -2.59. The zero-order valence-corrected chi connectivity index (χ0v) is 28.0. The fraction of sp³-hybridized carbons (Fsp3) is 0.405. The van der Waals surface area contributed by atoms with Crippen LogP contribution < -0.4 is 0 Å². The van der Waals surface area contributed by atoms with Gasteiger partial charge in [-0.05, 0) is 55.2 Å². The van der Waals surface area contributed by atoms with E-state index in [9.17, 15) is 9.90 Å². The van der Waals surface area contributed by atoms with Crippen molar-refractivity contribution < 1.29 is 30.0 Å². The predicted octanol–water partition coefficient (Wildman–Crippen LogP) is 11.5. The molecule has 0 saturated heterocycles.